The molecule has 0 aliphatic carbocycles. The molecule has 0 aliphatic heterocycles. The van der Waals surface area contributed by atoms with Gasteiger partial charge in [0, 0.05) is 0 Å². The van der Waals surface area contributed by atoms with E-state index >= 15 is 0 Å². The second kappa shape index (κ2) is 11.0. The first-order chi connectivity index (χ1) is 15.7. The molecule has 4 aromatic rings. The molecule has 4 aromatic carbocycles. The van der Waals surface area contributed by atoms with Gasteiger partial charge in [0.05, 0.1) is 0 Å². The van der Waals surface area contributed by atoms with Crippen molar-refractivity contribution in [3.05, 3.63) is 121 Å². The maximum atomic E-state index is 2.48. The molecule has 0 heterocycles. The van der Waals surface area contributed by atoms with Crippen molar-refractivity contribution in [3.63, 3.8) is 0 Å². The van der Waals surface area contributed by atoms with Crippen molar-refractivity contribution in [3.8, 4) is 0 Å². The topological polar surface area (TPSA) is 0 Å². The standard InChI is InChI=1S/C30H32P2/c1-24(25(2)31(27-16-8-4-9-17-27)28-18-10-5-11-19-28)26(3)32(29-20-12-6-13-21-29)30-22-14-7-15-23-30/h4-26H,1-3H3. The van der Waals surface area contributed by atoms with Crippen molar-refractivity contribution >= 4 is 37.1 Å². The Morgan fingerprint density at radius 1 is 0.375 bits per heavy atom. The quantitative estimate of drug-likeness (QED) is 0.261. The second-order valence-electron chi connectivity index (χ2n) is 8.42. The first-order valence-electron chi connectivity index (χ1n) is 11.5. The van der Waals surface area contributed by atoms with Crippen LogP contribution in [0.15, 0.2) is 121 Å². The van der Waals surface area contributed by atoms with E-state index in [-0.39, 0.29) is 0 Å². The van der Waals surface area contributed by atoms with Crippen LogP contribution in [-0.4, -0.2) is 11.3 Å². The average Bonchev–Trinajstić information content (AvgIpc) is 2.86. The third-order valence-electron chi connectivity index (χ3n) is 6.47. The lowest BCUT2D eigenvalue weighted by Crippen LogP contribution is -2.33. The van der Waals surface area contributed by atoms with E-state index in [1.165, 1.54) is 21.2 Å². The summed E-state index contributed by atoms with van der Waals surface area (Å²) in [6, 6.07) is 44.6. The molecule has 0 spiro atoms. The van der Waals surface area contributed by atoms with Crippen LogP contribution in [0.4, 0.5) is 0 Å². The Hall–Kier alpha value is -2.26. The summed E-state index contributed by atoms with van der Waals surface area (Å²) < 4.78 is 0. The van der Waals surface area contributed by atoms with Crippen LogP contribution >= 0.6 is 15.8 Å². The molecule has 2 atom stereocenters. The van der Waals surface area contributed by atoms with Gasteiger partial charge in [-0.2, -0.15) is 0 Å². The smallest absolute Gasteiger partial charge is 0.0125 e. The first kappa shape index (κ1) is 22.9. The number of benzene rings is 4. The van der Waals surface area contributed by atoms with E-state index in [0.717, 1.165) is 0 Å². The van der Waals surface area contributed by atoms with Gasteiger partial charge in [-0.05, 0) is 54.3 Å². The highest BCUT2D eigenvalue weighted by atomic mass is 31.1. The van der Waals surface area contributed by atoms with Gasteiger partial charge in [-0.15, -0.1) is 0 Å². The molecule has 0 saturated heterocycles. The summed E-state index contributed by atoms with van der Waals surface area (Å²) in [5.74, 6) is 0.577. The van der Waals surface area contributed by atoms with Gasteiger partial charge >= 0.3 is 0 Å². The summed E-state index contributed by atoms with van der Waals surface area (Å²) in [4.78, 5) is 0. The lowest BCUT2D eigenvalue weighted by Gasteiger charge is -2.37. The zero-order valence-electron chi connectivity index (χ0n) is 19.2. The van der Waals surface area contributed by atoms with Crippen LogP contribution in [0.3, 0.4) is 0 Å². The van der Waals surface area contributed by atoms with Gasteiger partial charge in [0.1, 0.15) is 0 Å². The summed E-state index contributed by atoms with van der Waals surface area (Å²) in [5.41, 5.74) is 1.14. The second-order valence-corrected chi connectivity index (χ2v) is 13.6. The van der Waals surface area contributed by atoms with Crippen LogP contribution in [0.25, 0.3) is 0 Å². The Balaban J connectivity index is 1.70. The zero-order chi connectivity index (χ0) is 22.3. The highest BCUT2D eigenvalue weighted by Crippen LogP contribution is 2.50. The Morgan fingerprint density at radius 2 is 0.594 bits per heavy atom. The molecule has 162 valence electrons. The molecule has 0 aliphatic rings. The largest absolute Gasteiger partial charge is 0.0622 e. The molecule has 0 fully saturated rings. The van der Waals surface area contributed by atoms with Crippen LogP contribution in [-0.2, 0) is 0 Å². The van der Waals surface area contributed by atoms with Crippen LogP contribution in [0.5, 0.6) is 0 Å². The SMILES string of the molecule is CC(C(C)P(c1ccccc1)c1ccccc1)C(C)P(c1ccccc1)c1ccccc1. The molecule has 2 heteroatoms. The lowest BCUT2D eigenvalue weighted by atomic mass is 10.1. The van der Waals surface area contributed by atoms with E-state index in [1.54, 1.807) is 0 Å². The van der Waals surface area contributed by atoms with Crippen molar-refractivity contribution in [2.45, 2.75) is 32.1 Å². The zero-order valence-corrected chi connectivity index (χ0v) is 21.0. The van der Waals surface area contributed by atoms with Gasteiger partial charge in [0.2, 0.25) is 0 Å². The maximum absolute atomic E-state index is 2.48. The Kier molecular flexibility index (Phi) is 7.91. The van der Waals surface area contributed by atoms with Gasteiger partial charge < -0.3 is 0 Å². The average molecular weight is 455 g/mol. The van der Waals surface area contributed by atoms with Crippen molar-refractivity contribution < 1.29 is 0 Å². The molecule has 0 aromatic heterocycles. The van der Waals surface area contributed by atoms with Gasteiger partial charge in [0.15, 0.2) is 0 Å². The lowest BCUT2D eigenvalue weighted by molar-refractivity contribution is 0.564. The molecular formula is C30H32P2. The molecular weight excluding hydrogens is 422 g/mol. The summed E-state index contributed by atoms with van der Waals surface area (Å²) in [5, 5.41) is 5.90. The van der Waals surface area contributed by atoms with Gasteiger partial charge in [-0.3, -0.25) is 0 Å². The predicted molar refractivity (Wildman–Crippen MR) is 146 cm³/mol. The van der Waals surface area contributed by atoms with Gasteiger partial charge in [0.25, 0.3) is 0 Å². The molecule has 0 nitrogen and oxygen atoms in total. The fourth-order valence-electron chi connectivity index (χ4n) is 4.47. The monoisotopic (exact) mass is 454 g/mol. The molecule has 2 unspecified atom stereocenters. The van der Waals surface area contributed by atoms with Crippen LogP contribution < -0.4 is 21.2 Å². The van der Waals surface area contributed by atoms with Gasteiger partial charge in [-0.1, -0.05) is 142 Å². The molecule has 32 heavy (non-hydrogen) atoms. The van der Waals surface area contributed by atoms with Crippen LogP contribution in [0.2, 0.25) is 0 Å². The summed E-state index contributed by atoms with van der Waals surface area (Å²) in [7, 11) is -0.872. The fraction of sp³-hybridized carbons (Fsp3) is 0.200. The third kappa shape index (κ3) is 5.20. The minimum atomic E-state index is -0.436. The van der Waals surface area contributed by atoms with Crippen LogP contribution in [0.1, 0.15) is 20.8 Å². The molecule has 0 saturated carbocycles. The van der Waals surface area contributed by atoms with E-state index in [1.807, 2.05) is 0 Å². The summed E-state index contributed by atoms with van der Waals surface area (Å²) in [6.45, 7) is 7.45. The Labute approximate surface area is 196 Å². The minimum absolute atomic E-state index is 0.436. The van der Waals surface area contributed by atoms with E-state index in [9.17, 15) is 0 Å². The Bertz CT molecular complexity index is 897. The molecule has 0 amide bonds. The van der Waals surface area contributed by atoms with Crippen molar-refractivity contribution in [2.75, 3.05) is 0 Å². The summed E-state index contributed by atoms with van der Waals surface area (Å²) in [6.07, 6.45) is 0. The fourth-order valence-corrected chi connectivity index (χ4v) is 10.5. The normalized spacial score (nSPS) is 14.3. The van der Waals surface area contributed by atoms with E-state index in [2.05, 4.69) is 142 Å². The van der Waals surface area contributed by atoms with E-state index < -0.39 is 15.8 Å². The molecule has 0 radical (unpaired) electrons. The Morgan fingerprint density at radius 3 is 0.812 bits per heavy atom. The van der Waals surface area contributed by atoms with Crippen molar-refractivity contribution in [1.29, 1.82) is 0 Å². The van der Waals surface area contributed by atoms with E-state index in [4.69, 9.17) is 0 Å². The number of hydrogen-bond donors (Lipinski definition) is 0. The highest BCUT2D eigenvalue weighted by Gasteiger charge is 2.33. The predicted octanol–water partition coefficient (Wildman–Crippen LogP) is 6.67. The molecule has 0 bridgehead atoms. The van der Waals surface area contributed by atoms with Gasteiger partial charge in [-0.25, -0.2) is 0 Å². The molecule has 4 rings (SSSR count). The van der Waals surface area contributed by atoms with Crippen molar-refractivity contribution in [2.24, 2.45) is 5.92 Å². The number of hydrogen-bond acceptors (Lipinski definition) is 0. The van der Waals surface area contributed by atoms with Crippen molar-refractivity contribution in [1.82, 2.24) is 0 Å². The summed E-state index contributed by atoms with van der Waals surface area (Å²) >= 11 is 0. The molecule has 0 N–H and O–H groups in total. The third-order valence-corrected chi connectivity index (χ3v) is 12.5. The van der Waals surface area contributed by atoms with Crippen LogP contribution in [0, 0.1) is 5.92 Å². The number of rotatable bonds is 8. The minimum Gasteiger partial charge on any atom is -0.0622 e. The van der Waals surface area contributed by atoms with E-state index in [0.29, 0.717) is 17.2 Å². The maximum Gasteiger partial charge on any atom is -0.0125 e. The first-order valence-corrected chi connectivity index (χ1v) is 14.3. The highest BCUT2D eigenvalue weighted by molar-refractivity contribution is 7.74.